The fourth-order valence-electron chi connectivity index (χ4n) is 2.65. The molecule has 14 heteroatoms. The van der Waals surface area contributed by atoms with Gasteiger partial charge in [0.2, 0.25) is 0 Å². The standard InChI is InChI=1S/C14H13BF4N5O3S/c16-11-5-9(6-20-15-8-25)1-2-10(11)13-21-12-7-23(3-4-24(12)22-13)28(26,27)14(17,18)19/h1-2,5,8,20H,3-4,6-7H2. The zero-order valence-electron chi connectivity index (χ0n) is 14.1. The quantitative estimate of drug-likeness (QED) is 0.320. The molecule has 1 aromatic carbocycles. The molecule has 3 rings (SSSR count). The number of alkyl halides is 3. The molecule has 0 saturated carbocycles. The van der Waals surface area contributed by atoms with Crippen LogP contribution in [-0.4, -0.2) is 53.1 Å². The number of hydrogen-bond donors (Lipinski definition) is 1. The third-order valence-corrected chi connectivity index (χ3v) is 5.60. The number of carbonyl (C=O) groups is 1. The van der Waals surface area contributed by atoms with Crippen molar-refractivity contribution in [2.45, 2.75) is 25.1 Å². The largest absolute Gasteiger partial charge is 0.511 e. The summed E-state index contributed by atoms with van der Waals surface area (Å²) >= 11 is 0. The molecule has 0 aliphatic carbocycles. The van der Waals surface area contributed by atoms with Crippen molar-refractivity contribution >= 4 is 23.6 Å². The molecule has 0 saturated heterocycles. The first-order chi connectivity index (χ1) is 13.1. The molecule has 0 amide bonds. The second-order valence-electron chi connectivity index (χ2n) is 5.86. The highest BCUT2D eigenvalue weighted by atomic mass is 32.2. The van der Waals surface area contributed by atoms with Crippen molar-refractivity contribution in [1.82, 2.24) is 24.3 Å². The van der Waals surface area contributed by atoms with Crippen molar-refractivity contribution in [3.63, 3.8) is 0 Å². The normalized spacial score (nSPS) is 15.3. The molecule has 28 heavy (non-hydrogen) atoms. The van der Waals surface area contributed by atoms with E-state index in [1.807, 2.05) is 0 Å². The molecule has 1 aliphatic heterocycles. The second kappa shape index (κ2) is 7.60. The summed E-state index contributed by atoms with van der Waals surface area (Å²) in [7, 11) is -4.31. The predicted molar refractivity (Wildman–Crippen MR) is 90.1 cm³/mol. The van der Waals surface area contributed by atoms with Crippen LogP contribution >= 0.6 is 0 Å². The number of hydrogen-bond acceptors (Lipinski definition) is 6. The van der Waals surface area contributed by atoms with Crippen LogP contribution < -0.4 is 5.23 Å². The van der Waals surface area contributed by atoms with Crippen LogP contribution in [0.1, 0.15) is 11.4 Å². The molecule has 2 heterocycles. The van der Waals surface area contributed by atoms with E-state index >= 15 is 0 Å². The van der Waals surface area contributed by atoms with Crippen LogP contribution in [0.5, 0.6) is 0 Å². The molecule has 2 aromatic rings. The van der Waals surface area contributed by atoms with E-state index in [-0.39, 0.29) is 34.6 Å². The fourth-order valence-corrected chi connectivity index (χ4v) is 3.55. The lowest BCUT2D eigenvalue weighted by Gasteiger charge is -2.26. The van der Waals surface area contributed by atoms with Gasteiger partial charge in [-0.2, -0.15) is 22.6 Å². The molecule has 1 aromatic heterocycles. The molecule has 1 aliphatic rings. The van der Waals surface area contributed by atoms with Gasteiger partial charge in [-0.1, -0.05) is 6.07 Å². The Bertz CT molecular complexity index is 995. The lowest BCUT2D eigenvalue weighted by Crippen LogP contribution is -2.44. The van der Waals surface area contributed by atoms with Gasteiger partial charge in [0.1, 0.15) is 11.6 Å². The summed E-state index contributed by atoms with van der Waals surface area (Å²) < 4.78 is 77.2. The highest BCUT2D eigenvalue weighted by Crippen LogP contribution is 2.30. The molecule has 0 bridgehead atoms. The summed E-state index contributed by atoms with van der Waals surface area (Å²) in [4.78, 5) is 14.2. The van der Waals surface area contributed by atoms with Crippen LogP contribution in [0.2, 0.25) is 0 Å². The van der Waals surface area contributed by atoms with Crippen molar-refractivity contribution in [1.29, 1.82) is 0 Å². The zero-order valence-corrected chi connectivity index (χ0v) is 15.0. The number of halogens is 4. The number of nitrogens with zero attached hydrogens (tertiary/aromatic N) is 4. The average Bonchev–Trinajstić information content (AvgIpc) is 3.04. The molecule has 149 valence electrons. The van der Waals surface area contributed by atoms with Gasteiger partial charge in [-0.3, -0.25) is 0 Å². The van der Waals surface area contributed by atoms with E-state index in [1.165, 1.54) is 16.8 Å². The first-order valence-corrected chi connectivity index (χ1v) is 9.37. The van der Waals surface area contributed by atoms with Crippen LogP contribution in [0.25, 0.3) is 11.4 Å². The molecule has 0 atom stereocenters. The fraction of sp³-hybridized carbons (Fsp3) is 0.357. The van der Waals surface area contributed by atoms with Gasteiger partial charge in [0, 0.05) is 13.1 Å². The summed E-state index contributed by atoms with van der Waals surface area (Å²) in [6, 6.07) is 4.19. The van der Waals surface area contributed by atoms with E-state index in [2.05, 4.69) is 15.3 Å². The Kier molecular flexibility index (Phi) is 5.54. The molecular formula is C14H13BF4N5O3S. The Morgan fingerprint density at radius 3 is 2.68 bits per heavy atom. The van der Waals surface area contributed by atoms with E-state index in [4.69, 9.17) is 0 Å². The number of benzene rings is 1. The third kappa shape index (κ3) is 3.93. The van der Waals surface area contributed by atoms with Gasteiger partial charge in [-0.25, -0.2) is 22.5 Å². The van der Waals surface area contributed by atoms with Gasteiger partial charge >= 0.3 is 15.5 Å². The van der Waals surface area contributed by atoms with Gasteiger partial charge in [-0.15, -0.1) is 0 Å². The number of sulfonamides is 1. The Morgan fingerprint density at radius 1 is 1.29 bits per heavy atom. The molecular weight excluding hydrogens is 405 g/mol. The minimum atomic E-state index is -5.48. The molecule has 0 fully saturated rings. The van der Waals surface area contributed by atoms with Crippen molar-refractivity contribution < 1.29 is 30.8 Å². The van der Waals surface area contributed by atoms with Gasteiger partial charge in [0.15, 0.2) is 5.82 Å². The number of nitrogens with one attached hydrogen (secondary N) is 1. The van der Waals surface area contributed by atoms with Crippen molar-refractivity contribution in [3.8, 4) is 11.4 Å². The maximum absolute atomic E-state index is 14.4. The summed E-state index contributed by atoms with van der Waals surface area (Å²) in [5, 5.41) is 6.72. The molecule has 1 N–H and O–H groups in total. The third-order valence-electron chi connectivity index (χ3n) is 4.03. The van der Waals surface area contributed by atoms with E-state index in [0.717, 1.165) is 7.41 Å². The highest BCUT2D eigenvalue weighted by molar-refractivity contribution is 7.89. The SMILES string of the molecule is O=C[B]NCc1ccc(-c2nc3n(n2)CCN(S(=O)(=O)C(F)(F)F)C3)c(F)c1. The topological polar surface area (TPSA) is 97.2 Å². The molecule has 0 spiro atoms. The monoisotopic (exact) mass is 418 g/mol. The number of fused-ring (bicyclic) bond motifs is 1. The zero-order chi connectivity index (χ0) is 20.5. The minimum Gasteiger partial charge on any atom is -0.350 e. The van der Waals surface area contributed by atoms with Gasteiger partial charge in [0.05, 0.1) is 24.8 Å². The Morgan fingerprint density at radius 2 is 2.04 bits per heavy atom. The summed E-state index contributed by atoms with van der Waals surface area (Å²) in [5.41, 5.74) is -4.84. The average molecular weight is 418 g/mol. The second-order valence-corrected chi connectivity index (χ2v) is 7.79. The highest BCUT2D eigenvalue weighted by Gasteiger charge is 2.50. The number of aromatic nitrogens is 3. The number of rotatable bonds is 6. The van der Waals surface area contributed by atoms with E-state index < -0.39 is 34.4 Å². The predicted octanol–water partition coefficient (Wildman–Crippen LogP) is 0.648. The first kappa shape index (κ1) is 20.4. The van der Waals surface area contributed by atoms with Crippen LogP contribution in [-0.2, 0) is 34.5 Å². The smallest absolute Gasteiger partial charge is 0.350 e. The van der Waals surface area contributed by atoms with Gasteiger partial charge in [0.25, 0.3) is 7.41 Å². The minimum absolute atomic E-state index is 0.0141. The van der Waals surface area contributed by atoms with E-state index in [0.29, 0.717) is 11.7 Å². The number of carbonyl (C=O) groups excluding carboxylic acids is 1. The summed E-state index contributed by atoms with van der Waals surface area (Å²) in [6.07, 6.45) is 0.548. The van der Waals surface area contributed by atoms with Crippen molar-refractivity contribution in [2.24, 2.45) is 0 Å². The molecule has 8 nitrogen and oxygen atoms in total. The lowest BCUT2D eigenvalue weighted by atomic mass is 9.98. The maximum atomic E-state index is 14.4. The van der Waals surface area contributed by atoms with Crippen LogP contribution in [0, 0.1) is 5.82 Å². The van der Waals surface area contributed by atoms with Gasteiger partial charge in [-0.05, 0) is 17.7 Å². The first-order valence-electron chi connectivity index (χ1n) is 7.93. The van der Waals surface area contributed by atoms with Crippen LogP contribution in [0.15, 0.2) is 18.2 Å². The molecule has 0 unspecified atom stereocenters. The van der Waals surface area contributed by atoms with Crippen LogP contribution in [0.4, 0.5) is 17.6 Å². The summed E-state index contributed by atoms with van der Waals surface area (Å²) in [5.74, 6) is -0.731. The lowest BCUT2D eigenvalue weighted by molar-refractivity contribution is -0.0496. The van der Waals surface area contributed by atoms with E-state index in [9.17, 15) is 30.8 Å². The van der Waals surface area contributed by atoms with Crippen molar-refractivity contribution in [2.75, 3.05) is 6.54 Å². The molecule has 1 radical (unpaired) electrons. The van der Waals surface area contributed by atoms with Crippen LogP contribution in [0.3, 0.4) is 0 Å². The Labute approximate surface area is 157 Å². The Balaban J connectivity index is 1.82. The Hall–Kier alpha value is -2.32. The van der Waals surface area contributed by atoms with E-state index in [1.54, 1.807) is 6.07 Å². The summed E-state index contributed by atoms with van der Waals surface area (Å²) in [6.45, 7) is -0.950. The van der Waals surface area contributed by atoms with Gasteiger partial charge < -0.3 is 10.0 Å². The van der Waals surface area contributed by atoms with Crippen molar-refractivity contribution in [3.05, 3.63) is 35.4 Å². The maximum Gasteiger partial charge on any atom is 0.511 e.